The number of benzene rings is 2. The maximum Gasteiger partial charge on any atom is 0.0245 e. The second-order valence-corrected chi connectivity index (χ2v) is 8.46. The van der Waals surface area contributed by atoms with Gasteiger partial charge in [-0.15, -0.1) is 0 Å². The van der Waals surface area contributed by atoms with Crippen LogP contribution in [0, 0.1) is 17.8 Å². The van der Waals surface area contributed by atoms with Crippen LogP contribution in [-0.4, -0.2) is 0 Å². The highest BCUT2D eigenvalue weighted by atomic mass is 14.2. The normalized spacial score (nSPS) is 19.1. The Hall–Kier alpha value is -2.00. The second kappa shape index (κ2) is 11.1. The van der Waals surface area contributed by atoms with Crippen LogP contribution in [0.15, 0.2) is 48.5 Å². The largest absolute Gasteiger partial charge is 0.0945 e. The lowest BCUT2D eigenvalue weighted by atomic mass is 9.78. The summed E-state index contributed by atoms with van der Waals surface area (Å²) in [5.41, 5.74) is 5.64. The first-order valence-electron chi connectivity index (χ1n) is 11.5. The van der Waals surface area contributed by atoms with Gasteiger partial charge in [-0.05, 0) is 86.1 Å². The smallest absolute Gasteiger partial charge is 0.0245 e. The Kier molecular flexibility index (Phi) is 8.23. The summed E-state index contributed by atoms with van der Waals surface area (Å²) < 4.78 is 0. The monoisotopic (exact) mass is 372 g/mol. The SMILES string of the molecule is CCCCc1ccc(C#C[C@H]2CC[C@H](c3ccc(CCCC)cc3)CC2)cc1. The number of aryl methyl sites for hydroxylation is 2. The lowest BCUT2D eigenvalue weighted by Crippen LogP contribution is -2.12. The molecule has 1 fully saturated rings. The van der Waals surface area contributed by atoms with Crippen LogP contribution in [0.4, 0.5) is 0 Å². The Balaban J connectivity index is 1.48. The van der Waals surface area contributed by atoms with E-state index in [1.807, 2.05) is 0 Å². The van der Waals surface area contributed by atoms with Crippen LogP contribution in [0.25, 0.3) is 0 Å². The van der Waals surface area contributed by atoms with Gasteiger partial charge in [0.1, 0.15) is 0 Å². The molecule has 2 aromatic rings. The van der Waals surface area contributed by atoms with Crippen LogP contribution in [-0.2, 0) is 12.8 Å². The molecule has 0 aliphatic heterocycles. The maximum atomic E-state index is 3.55. The van der Waals surface area contributed by atoms with E-state index in [0.717, 1.165) is 5.92 Å². The van der Waals surface area contributed by atoms with E-state index in [2.05, 4.69) is 74.2 Å². The topological polar surface area (TPSA) is 0 Å². The predicted molar refractivity (Wildman–Crippen MR) is 122 cm³/mol. The summed E-state index contributed by atoms with van der Waals surface area (Å²) >= 11 is 0. The van der Waals surface area contributed by atoms with Crippen molar-refractivity contribution in [3.05, 3.63) is 70.8 Å². The quantitative estimate of drug-likeness (QED) is 0.437. The van der Waals surface area contributed by atoms with E-state index in [4.69, 9.17) is 0 Å². The fraction of sp³-hybridized carbons (Fsp3) is 0.500. The van der Waals surface area contributed by atoms with Crippen molar-refractivity contribution in [3.63, 3.8) is 0 Å². The molecule has 0 nitrogen and oxygen atoms in total. The molecule has 148 valence electrons. The lowest BCUT2D eigenvalue weighted by molar-refractivity contribution is 0.384. The fourth-order valence-electron chi connectivity index (χ4n) is 4.23. The van der Waals surface area contributed by atoms with E-state index in [1.54, 1.807) is 0 Å². The second-order valence-electron chi connectivity index (χ2n) is 8.46. The van der Waals surface area contributed by atoms with E-state index < -0.39 is 0 Å². The van der Waals surface area contributed by atoms with Gasteiger partial charge in [0.25, 0.3) is 0 Å². The molecule has 0 saturated heterocycles. The molecule has 1 saturated carbocycles. The molecule has 0 heterocycles. The van der Waals surface area contributed by atoms with Crippen LogP contribution in [0.2, 0.25) is 0 Å². The molecular weight excluding hydrogens is 336 g/mol. The van der Waals surface area contributed by atoms with Gasteiger partial charge in [0.2, 0.25) is 0 Å². The van der Waals surface area contributed by atoms with Gasteiger partial charge >= 0.3 is 0 Å². The minimum atomic E-state index is 0.569. The van der Waals surface area contributed by atoms with E-state index >= 15 is 0 Å². The van der Waals surface area contributed by atoms with Crippen LogP contribution < -0.4 is 0 Å². The van der Waals surface area contributed by atoms with Crippen LogP contribution in [0.5, 0.6) is 0 Å². The molecular formula is C28H36. The number of rotatable bonds is 7. The average Bonchev–Trinajstić information content (AvgIpc) is 2.76. The van der Waals surface area contributed by atoms with Gasteiger partial charge < -0.3 is 0 Å². The average molecular weight is 373 g/mol. The van der Waals surface area contributed by atoms with Gasteiger partial charge in [-0.3, -0.25) is 0 Å². The zero-order valence-corrected chi connectivity index (χ0v) is 17.8. The number of unbranched alkanes of at least 4 members (excludes halogenated alkanes) is 2. The van der Waals surface area contributed by atoms with E-state index in [1.165, 1.54) is 86.5 Å². The van der Waals surface area contributed by atoms with Crippen molar-refractivity contribution >= 4 is 0 Å². The summed E-state index contributed by atoms with van der Waals surface area (Å²) in [5.74, 6) is 8.29. The van der Waals surface area contributed by atoms with Crippen molar-refractivity contribution in [1.29, 1.82) is 0 Å². The van der Waals surface area contributed by atoms with Gasteiger partial charge in [-0.2, -0.15) is 0 Å². The lowest BCUT2D eigenvalue weighted by Gasteiger charge is -2.26. The van der Waals surface area contributed by atoms with Crippen molar-refractivity contribution in [3.8, 4) is 11.8 Å². The van der Waals surface area contributed by atoms with Crippen LogP contribution in [0.1, 0.15) is 93.4 Å². The predicted octanol–water partition coefficient (Wildman–Crippen LogP) is 7.70. The highest BCUT2D eigenvalue weighted by Crippen LogP contribution is 2.35. The molecule has 0 atom stereocenters. The zero-order valence-electron chi connectivity index (χ0n) is 17.8. The molecule has 0 aromatic heterocycles. The molecule has 0 bridgehead atoms. The van der Waals surface area contributed by atoms with Gasteiger partial charge in [0.05, 0.1) is 0 Å². The summed E-state index contributed by atoms with van der Waals surface area (Å²) in [6.45, 7) is 4.51. The summed E-state index contributed by atoms with van der Waals surface area (Å²) in [6, 6.07) is 18.3. The fourth-order valence-corrected chi connectivity index (χ4v) is 4.23. The molecule has 0 radical (unpaired) electrons. The van der Waals surface area contributed by atoms with Crippen molar-refractivity contribution in [1.82, 2.24) is 0 Å². The third-order valence-corrected chi connectivity index (χ3v) is 6.19. The molecule has 1 aliphatic carbocycles. The molecule has 2 aromatic carbocycles. The highest BCUT2D eigenvalue weighted by molar-refractivity contribution is 5.37. The summed E-state index contributed by atoms with van der Waals surface area (Å²) in [6.07, 6.45) is 12.6. The first-order chi connectivity index (χ1) is 13.8. The third kappa shape index (κ3) is 6.27. The Morgan fingerprint density at radius 2 is 1.25 bits per heavy atom. The minimum absolute atomic E-state index is 0.569. The highest BCUT2D eigenvalue weighted by Gasteiger charge is 2.21. The van der Waals surface area contributed by atoms with Gasteiger partial charge in [-0.25, -0.2) is 0 Å². The van der Waals surface area contributed by atoms with Crippen molar-refractivity contribution in [2.75, 3.05) is 0 Å². The van der Waals surface area contributed by atoms with Crippen LogP contribution >= 0.6 is 0 Å². The molecule has 0 unspecified atom stereocenters. The first-order valence-corrected chi connectivity index (χ1v) is 11.5. The van der Waals surface area contributed by atoms with E-state index in [0.29, 0.717) is 5.92 Å². The van der Waals surface area contributed by atoms with Gasteiger partial charge in [-0.1, -0.05) is 74.9 Å². The number of hydrogen-bond donors (Lipinski definition) is 0. The van der Waals surface area contributed by atoms with E-state index in [-0.39, 0.29) is 0 Å². The third-order valence-electron chi connectivity index (χ3n) is 6.19. The minimum Gasteiger partial charge on any atom is -0.0945 e. The summed E-state index contributed by atoms with van der Waals surface area (Å²) in [4.78, 5) is 0. The van der Waals surface area contributed by atoms with Crippen molar-refractivity contribution in [2.45, 2.75) is 84.0 Å². The Morgan fingerprint density at radius 3 is 1.79 bits per heavy atom. The standard InChI is InChI=1S/C28H36/c1-3-5-7-23-9-11-25(12-10-23)13-14-26-17-21-28(22-18-26)27-19-15-24(16-20-27)8-6-4-2/h9-12,15-16,19-20,26,28H,3-8,17-18,21-22H2,1-2H3/t26-,28-. The molecule has 0 amide bonds. The number of hydrogen-bond acceptors (Lipinski definition) is 0. The van der Waals surface area contributed by atoms with Crippen molar-refractivity contribution < 1.29 is 0 Å². The van der Waals surface area contributed by atoms with Crippen molar-refractivity contribution in [2.24, 2.45) is 5.92 Å². The van der Waals surface area contributed by atoms with Crippen LogP contribution in [0.3, 0.4) is 0 Å². The Morgan fingerprint density at radius 1 is 0.714 bits per heavy atom. The Labute approximate surface area is 172 Å². The Bertz CT molecular complexity index is 746. The zero-order chi connectivity index (χ0) is 19.6. The molecule has 28 heavy (non-hydrogen) atoms. The molecule has 3 rings (SSSR count). The molecule has 1 aliphatic rings. The molecule has 0 spiro atoms. The molecule has 0 N–H and O–H groups in total. The summed E-state index contributed by atoms with van der Waals surface area (Å²) in [7, 11) is 0. The first kappa shape index (κ1) is 20.7. The molecule has 0 heteroatoms. The van der Waals surface area contributed by atoms with Gasteiger partial charge in [0, 0.05) is 11.5 Å². The van der Waals surface area contributed by atoms with E-state index in [9.17, 15) is 0 Å². The maximum absolute atomic E-state index is 3.55. The summed E-state index contributed by atoms with van der Waals surface area (Å²) in [5, 5.41) is 0. The van der Waals surface area contributed by atoms with Gasteiger partial charge in [0.15, 0.2) is 0 Å².